The summed E-state index contributed by atoms with van der Waals surface area (Å²) in [6.45, 7) is -0.201. The van der Waals surface area contributed by atoms with Gasteiger partial charge in [-0.1, -0.05) is 25.7 Å². The van der Waals surface area contributed by atoms with Gasteiger partial charge < -0.3 is 58.7 Å². The van der Waals surface area contributed by atoms with Gasteiger partial charge in [0, 0.05) is 27.2 Å². The normalized spacial score (nSPS) is 36.4. The van der Waals surface area contributed by atoms with Crippen LogP contribution in [0.1, 0.15) is 44.9 Å². The molecule has 2 saturated heterocycles. The molecule has 0 aromatic rings. The number of hydrogen-bond acceptors (Lipinski definition) is 13. The molecule has 0 aliphatic carbocycles. The van der Waals surface area contributed by atoms with Crippen molar-refractivity contribution in [2.24, 2.45) is 0 Å². The fourth-order valence-electron chi connectivity index (χ4n) is 4.48. The lowest BCUT2D eigenvalue weighted by molar-refractivity contribution is -0.368. The van der Waals surface area contributed by atoms with E-state index in [9.17, 15) is 30.3 Å². The Bertz CT molecular complexity index is 636. The SMILES string of the molecule is COC[C@H]1O[C@H](OCCCCCCCCC(=O)OC)[C@H](O[C@H]2O[C@H](CO)[C@@H](O)[C@H](O)[C@H]2O)[C@@H](O)[C@@H]1OC. The monoisotopic (exact) mass is 540 g/mol. The van der Waals surface area contributed by atoms with Gasteiger partial charge in [-0.15, -0.1) is 0 Å². The van der Waals surface area contributed by atoms with Crippen LogP contribution >= 0.6 is 0 Å². The van der Waals surface area contributed by atoms with Crippen LogP contribution in [0.25, 0.3) is 0 Å². The summed E-state index contributed by atoms with van der Waals surface area (Å²) < 4.78 is 38.4. The maximum atomic E-state index is 11.1. The summed E-state index contributed by atoms with van der Waals surface area (Å²) in [6.07, 6.45) is -6.86. The molecule has 0 unspecified atom stereocenters. The van der Waals surface area contributed by atoms with Crippen LogP contribution in [0, 0.1) is 0 Å². The summed E-state index contributed by atoms with van der Waals surface area (Å²) in [4.78, 5) is 11.1. The summed E-state index contributed by atoms with van der Waals surface area (Å²) >= 11 is 0. The van der Waals surface area contributed by atoms with Gasteiger partial charge in [-0.2, -0.15) is 0 Å². The first-order valence-corrected chi connectivity index (χ1v) is 12.8. The lowest BCUT2D eigenvalue weighted by atomic mass is 9.97. The van der Waals surface area contributed by atoms with Crippen LogP contribution < -0.4 is 0 Å². The summed E-state index contributed by atoms with van der Waals surface area (Å²) in [6, 6.07) is 0. The molecule has 5 N–H and O–H groups in total. The maximum absolute atomic E-state index is 11.1. The van der Waals surface area contributed by atoms with Crippen molar-refractivity contribution in [2.45, 2.75) is 106 Å². The number of unbranched alkanes of at least 4 members (excludes halogenated alkanes) is 5. The molecule has 2 heterocycles. The summed E-state index contributed by atoms with van der Waals surface area (Å²) in [5.74, 6) is -0.203. The Labute approximate surface area is 217 Å². The van der Waals surface area contributed by atoms with E-state index in [0.29, 0.717) is 19.4 Å². The van der Waals surface area contributed by atoms with E-state index in [2.05, 4.69) is 4.74 Å². The molecule has 0 amide bonds. The molecule has 218 valence electrons. The lowest BCUT2D eigenvalue weighted by Gasteiger charge is -2.46. The van der Waals surface area contributed by atoms with Crippen molar-refractivity contribution in [2.75, 3.05) is 41.2 Å². The first-order valence-electron chi connectivity index (χ1n) is 12.8. The third-order valence-corrected chi connectivity index (χ3v) is 6.64. The van der Waals surface area contributed by atoms with Crippen molar-refractivity contribution < 1.29 is 63.5 Å². The Morgan fingerprint density at radius 1 is 0.757 bits per heavy atom. The molecule has 2 rings (SSSR count). The number of aliphatic hydroxyl groups is 5. The molecule has 2 aliphatic heterocycles. The maximum Gasteiger partial charge on any atom is 0.305 e. The lowest BCUT2D eigenvalue weighted by Crippen LogP contribution is -2.65. The number of aliphatic hydroxyl groups excluding tert-OH is 5. The minimum Gasteiger partial charge on any atom is -0.469 e. The van der Waals surface area contributed by atoms with E-state index in [1.54, 1.807) is 0 Å². The van der Waals surface area contributed by atoms with Gasteiger partial charge in [0.25, 0.3) is 0 Å². The molecule has 0 aromatic heterocycles. The Balaban J connectivity index is 1.94. The second kappa shape index (κ2) is 16.9. The number of carbonyl (C=O) groups excluding carboxylic acids is 1. The zero-order valence-corrected chi connectivity index (χ0v) is 21.8. The van der Waals surface area contributed by atoms with Crippen LogP contribution in [0.5, 0.6) is 0 Å². The highest BCUT2D eigenvalue weighted by molar-refractivity contribution is 5.68. The van der Waals surface area contributed by atoms with Gasteiger partial charge in [0.1, 0.15) is 48.8 Å². The van der Waals surface area contributed by atoms with Gasteiger partial charge in [0.05, 0.1) is 20.3 Å². The molecule has 13 nitrogen and oxygen atoms in total. The largest absolute Gasteiger partial charge is 0.469 e. The number of carbonyl (C=O) groups is 1. The van der Waals surface area contributed by atoms with Crippen LogP contribution in [0.3, 0.4) is 0 Å². The standard InChI is InChI=1S/C24H44O13/c1-31-13-15-21(33-3)20(30)22(37-23-19(29)18(28)17(27)14(12-25)35-23)24(36-15)34-11-9-7-5-4-6-8-10-16(26)32-2/h14-15,17-25,27-30H,4-13H2,1-3H3/t14-,15-,17-,18+,19-,20+,21-,22-,23-,24+/m1/s1. The zero-order valence-electron chi connectivity index (χ0n) is 21.8. The molecule has 13 heteroatoms. The van der Waals surface area contributed by atoms with E-state index in [1.165, 1.54) is 21.3 Å². The smallest absolute Gasteiger partial charge is 0.305 e. The molecular weight excluding hydrogens is 496 g/mol. The highest BCUT2D eigenvalue weighted by Gasteiger charge is 2.51. The Morgan fingerprint density at radius 3 is 2.03 bits per heavy atom. The second-order valence-electron chi connectivity index (χ2n) is 9.31. The highest BCUT2D eigenvalue weighted by atomic mass is 16.8. The Kier molecular flexibility index (Phi) is 14.7. The quantitative estimate of drug-likeness (QED) is 0.117. The average molecular weight is 541 g/mol. The molecule has 2 aliphatic rings. The van der Waals surface area contributed by atoms with Crippen LogP contribution in [0.2, 0.25) is 0 Å². The molecular formula is C24H44O13. The van der Waals surface area contributed by atoms with Crippen molar-refractivity contribution in [3.05, 3.63) is 0 Å². The minimum absolute atomic E-state index is 0.119. The van der Waals surface area contributed by atoms with Gasteiger partial charge in [0.2, 0.25) is 0 Å². The van der Waals surface area contributed by atoms with Crippen molar-refractivity contribution in [1.82, 2.24) is 0 Å². The predicted molar refractivity (Wildman–Crippen MR) is 126 cm³/mol. The van der Waals surface area contributed by atoms with E-state index in [1.807, 2.05) is 0 Å². The molecule has 10 atom stereocenters. The van der Waals surface area contributed by atoms with Gasteiger partial charge >= 0.3 is 5.97 Å². The molecule has 0 aromatic carbocycles. The van der Waals surface area contributed by atoms with Crippen LogP contribution in [-0.2, 0) is 38.0 Å². The van der Waals surface area contributed by atoms with Crippen molar-refractivity contribution in [3.8, 4) is 0 Å². The highest BCUT2D eigenvalue weighted by Crippen LogP contribution is 2.31. The van der Waals surface area contributed by atoms with E-state index < -0.39 is 68.0 Å². The number of hydrogen-bond donors (Lipinski definition) is 5. The van der Waals surface area contributed by atoms with Gasteiger partial charge in [0.15, 0.2) is 12.6 Å². The topological polar surface area (TPSA) is 183 Å². The summed E-state index contributed by atoms with van der Waals surface area (Å²) in [5, 5.41) is 51.0. The molecule has 2 fully saturated rings. The van der Waals surface area contributed by atoms with Gasteiger partial charge in [-0.05, 0) is 12.8 Å². The molecule has 0 radical (unpaired) electrons. The van der Waals surface area contributed by atoms with Gasteiger partial charge in [-0.3, -0.25) is 4.79 Å². The van der Waals surface area contributed by atoms with E-state index in [4.69, 9.17) is 28.4 Å². The van der Waals surface area contributed by atoms with Crippen LogP contribution in [0.15, 0.2) is 0 Å². The van der Waals surface area contributed by atoms with E-state index >= 15 is 0 Å². The number of esters is 1. The van der Waals surface area contributed by atoms with E-state index in [0.717, 1.165) is 32.1 Å². The molecule has 37 heavy (non-hydrogen) atoms. The number of rotatable bonds is 16. The first kappa shape index (κ1) is 32.2. The second-order valence-corrected chi connectivity index (χ2v) is 9.31. The van der Waals surface area contributed by atoms with Crippen LogP contribution in [-0.4, -0.2) is 134 Å². The molecule has 0 bridgehead atoms. The Hall–Kier alpha value is -0.970. The fourth-order valence-corrected chi connectivity index (χ4v) is 4.48. The van der Waals surface area contributed by atoms with Crippen molar-refractivity contribution >= 4 is 5.97 Å². The predicted octanol–water partition coefficient (Wildman–Crippen LogP) is -1.16. The first-order chi connectivity index (χ1) is 17.8. The zero-order chi connectivity index (χ0) is 27.4. The number of methoxy groups -OCH3 is 3. The summed E-state index contributed by atoms with van der Waals surface area (Å²) in [5.41, 5.74) is 0. The molecule has 0 saturated carbocycles. The third kappa shape index (κ3) is 9.32. The average Bonchev–Trinajstić information content (AvgIpc) is 2.89. The third-order valence-electron chi connectivity index (χ3n) is 6.64. The fraction of sp³-hybridized carbons (Fsp3) is 0.958. The number of ether oxygens (including phenoxy) is 7. The van der Waals surface area contributed by atoms with Crippen molar-refractivity contribution in [1.29, 1.82) is 0 Å². The minimum atomic E-state index is -1.65. The van der Waals surface area contributed by atoms with Crippen molar-refractivity contribution in [3.63, 3.8) is 0 Å². The Morgan fingerprint density at radius 2 is 1.41 bits per heavy atom. The van der Waals surface area contributed by atoms with Crippen LogP contribution in [0.4, 0.5) is 0 Å². The molecule has 0 spiro atoms. The summed E-state index contributed by atoms with van der Waals surface area (Å²) in [7, 11) is 4.26. The van der Waals surface area contributed by atoms with E-state index in [-0.39, 0.29) is 12.6 Å². The van der Waals surface area contributed by atoms with Gasteiger partial charge in [-0.25, -0.2) is 0 Å².